The van der Waals surface area contributed by atoms with Gasteiger partial charge in [0.05, 0.1) is 26.3 Å². The molecule has 0 saturated heterocycles. The highest BCUT2D eigenvalue weighted by Crippen LogP contribution is 2.30. The second kappa shape index (κ2) is 14.2. The molecule has 0 radical (unpaired) electrons. The van der Waals surface area contributed by atoms with Crippen LogP contribution in [0.2, 0.25) is 0 Å². The number of urea groups is 1. The van der Waals surface area contributed by atoms with E-state index in [1.807, 2.05) is 50.4 Å². The summed E-state index contributed by atoms with van der Waals surface area (Å²) in [5.41, 5.74) is 1.45. The van der Waals surface area contributed by atoms with Gasteiger partial charge in [0.2, 0.25) is 5.91 Å². The minimum absolute atomic E-state index is 0.0564. The van der Waals surface area contributed by atoms with E-state index in [1.165, 1.54) is 17.0 Å². The van der Waals surface area contributed by atoms with Crippen LogP contribution in [0.25, 0.3) is 0 Å². The lowest BCUT2D eigenvalue weighted by Gasteiger charge is -2.29. The number of aryl methyl sites for hydroxylation is 1. The third-order valence-electron chi connectivity index (χ3n) is 6.44. The summed E-state index contributed by atoms with van der Waals surface area (Å²) in [5, 5.41) is 4.61. The highest BCUT2D eigenvalue weighted by Gasteiger charge is 2.30. The van der Waals surface area contributed by atoms with Gasteiger partial charge in [-0.05, 0) is 78.2 Å². The van der Waals surface area contributed by atoms with Crippen molar-refractivity contribution in [2.45, 2.75) is 39.9 Å². The van der Waals surface area contributed by atoms with Crippen molar-refractivity contribution in [2.75, 3.05) is 39.2 Å². The van der Waals surface area contributed by atoms with Gasteiger partial charge in [0, 0.05) is 23.7 Å². The molecule has 3 rings (SSSR count). The second-order valence-corrected chi connectivity index (χ2v) is 11.1. The zero-order valence-corrected chi connectivity index (χ0v) is 24.7. The van der Waals surface area contributed by atoms with Crippen molar-refractivity contribution >= 4 is 29.0 Å². The van der Waals surface area contributed by atoms with E-state index >= 15 is 0 Å². The fourth-order valence-corrected chi connectivity index (χ4v) is 5.12. The van der Waals surface area contributed by atoms with E-state index in [2.05, 4.69) is 5.32 Å². The number of anilines is 1. The number of carbonyl (C=O) groups is 2. The Morgan fingerprint density at radius 1 is 0.976 bits per heavy atom. The van der Waals surface area contributed by atoms with Crippen LogP contribution in [0, 0.1) is 12.8 Å². The molecule has 0 atom stereocenters. The van der Waals surface area contributed by atoms with Crippen LogP contribution in [0.15, 0.2) is 53.9 Å². The second-order valence-electron chi connectivity index (χ2n) is 10.1. The van der Waals surface area contributed by atoms with E-state index in [4.69, 9.17) is 9.47 Å². The fraction of sp³-hybridized carbons (Fsp3) is 0.400. The molecule has 1 aromatic heterocycles. The third-order valence-corrected chi connectivity index (χ3v) is 7.44. The molecule has 0 saturated carbocycles. The van der Waals surface area contributed by atoms with Crippen LogP contribution in [0.1, 0.15) is 35.4 Å². The Morgan fingerprint density at radius 3 is 2.22 bits per heavy atom. The van der Waals surface area contributed by atoms with Crippen molar-refractivity contribution < 1.29 is 32.2 Å². The quantitative estimate of drug-likeness (QED) is 0.250. The summed E-state index contributed by atoms with van der Waals surface area (Å²) in [4.78, 5) is 31.0. The zero-order chi connectivity index (χ0) is 30.2. The maximum absolute atomic E-state index is 13.7. The summed E-state index contributed by atoms with van der Waals surface area (Å²) in [6, 6.07) is 11.3. The van der Waals surface area contributed by atoms with E-state index < -0.39 is 17.8 Å². The van der Waals surface area contributed by atoms with E-state index in [9.17, 15) is 22.8 Å². The monoisotopic (exact) mass is 591 g/mol. The number of methoxy groups -OCH3 is 2. The van der Waals surface area contributed by atoms with Crippen LogP contribution in [-0.4, -0.2) is 55.6 Å². The number of hydrogen-bond acceptors (Lipinski definition) is 5. The summed E-state index contributed by atoms with van der Waals surface area (Å²) in [7, 11) is 3.13. The number of alkyl halides is 3. The SMILES string of the molecule is COc1ccc(CCN(Cc2sccc2C)C(=O)CN(CC(C)C)C(=O)Nc2ccc(C(F)(F)F)cc2)cc1OC. The zero-order valence-electron chi connectivity index (χ0n) is 23.9. The molecule has 0 unspecified atom stereocenters. The largest absolute Gasteiger partial charge is 0.493 e. The first-order valence-corrected chi connectivity index (χ1v) is 14.0. The van der Waals surface area contributed by atoms with Gasteiger partial charge >= 0.3 is 12.2 Å². The van der Waals surface area contributed by atoms with Crippen LogP contribution >= 0.6 is 11.3 Å². The summed E-state index contributed by atoms with van der Waals surface area (Å²) in [6.45, 7) is 6.75. The molecule has 0 spiro atoms. The van der Waals surface area contributed by atoms with Crippen molar-refractivity contribution in [1.29, 1.82) is 0 Å². The van der Waals surface area contributed by atoms with Gasteiger partial charge in [-0.3, -0.25) is 4.79 Å². The van der Waals surface area contributed by atoms with Crippen molar-refractivity contribution in [1.82, 2.24) is 9.80 Å². The highest BCUT2D eigenvalue weighted by molar-refractivity contribution is 7.10. The molecule has 222 valence electrons. The normalized spacial score (nSPS) is 11.3. The van der Waals surface area contributed by atoms with Crippen LogP contribution in [0.5, 0.6) is 11.5 Å². The summed E-state index contributed by atoms with van der Waals surface area (Å²) in [6.07, 6.45) is -3.92. The molecule has 1 heterocycles. The molecule has 2 aromatic carbocycles. The van der Waals surface area contributed by atoms with Gasteiger partial charge in [0.1, 0.15) is 6.54 Å². The Hall–Kier alpha value is -3.73. The van der Waals surface area contributed by atoms with Crippen LogP contribution in [-0.2, 0) is 23.9 Å². The molecule has 0 aliphatic heterocycles. The number of rotatable bonds is 12. The number of thiophene rings is 1. The number of amides is 3. The average molecular weight is 592 g/mol. The standard InChI is InChI=1S/C30H36F3N3O4S/c1-20(2)17-36(29(38)34-24-9-7-23(8-10-24)30(31,32)33)19-28(37)35(18-27-21(3)13-15-41-27)14-12-22-6-11-25(39-4)26(16-22)40-5/h6-11,13,15-16,20H,12,14,17-19H2,1-5H3,(H,34,38). The lowest BCUT2D eigenvalue weighted by molar-refractivity contribution is -0.137. The van der Waals surface area contributed by atoms with Gasteiger partial charge in [-0.2, -0.15) is 13.2 Å². The van der Waals surface area contributed by atoms with E-state index in [0.717, 1.165) is 28.1 Å². The molecular formula is C30H36F3N3O4S. The third kappa shape index (κ3) is 9.14. The average Bonchev–Trinajstić information content (AvgIpc) is 3.33. The first-order chi connectivity index (χ1) is 19.4. The predicted octanol–water partition coefficient (Wildman–Crippen LogP) is 6.85. The summed E-state index contributed by atoms with van der Waals surface area (Å²) in [5.74, 6) is 1.03. The number of carbonyl (C=O) groups excluding carboxylic acids is 2. The van der Waals surface area contributed by atoms with E-state index in [1.54, 1.807) is 30.5 Å². The Labute approximate surface area is 242 Å². The van der Waals surface area contributed by atoms with Crippen molar-refractivity contribution in [3.8, 4) is 11.5 Å². The molecule has 0 aliphatic carbocycles. The van der Waals surface area contributed by atoms with Gasteiger partial charge in [-0.15, -0.1) is 11.3 Å². The number of hydrogen-bond donors (Lipinski definition) is 1. The van der Waals surface area contributed by atoms with Gasteiger partial charge in [-0.25, -0.2) is 4.79 Å². The predicted molar refractivity (Wildman–Crippen MR) is 155 cm³/mol. The minimum atomic E-state index is -4.47. The first kappa shape index (κ1) is 31.8. The molecule has 11 heteroatoms. The van der Waals surface area contributed by atoms with E-state index in [0.29, 0.717) is 37.6 Å². The molecular weight excluding hydrogens is 555 g/mol. The summed E-state index contributed by atoms with van der Waals surface area (Å²) >= 11 is 1.56. The molecule has 7 nitrogen and oxygen atoms in total. The lowest BCUT2D eigenvalue weighted by Crippen LogP contribution is -2.46. The highest BCUT2D eigenvalue weighted by atomic mass is 32.1. The van der Waals surface area contributed by atoms with Gasteiger partial charge < -0.3 is 24.6 Å². The van der Waals surface area contributed by atoms with Gasteiger partial charge in [0.25, 0.3) is 0 Å². The van der Waals surface area contributed by atoms with Crippen LogP contribution in [0.3, 0.4) is 0 Å². The van der Waals surface area contributed by atoms with Gasteiger partial charge in [0.15, 0.2) is 11.5 Å². The maximum atomic E-state index is 13.7. The van der Waals surface area contributed by atoms with Crippen molar-refractivity contribution in [2.24, 2.45) is 5.92 Å². The number of nitrogens with one attached hydrogen (secondary N) is 1. The molecule has 1 N–H and O–H groups in total. The van der Waals surface area contributed by atoms with Crippen molar-refractivity contribution in [3.05, 3.63) is 75.5 Å². The number of ether oxygens (including phenoxy) is 2. The molecule has 3 aromatic rings. The topological polar surface area (TPSA) is 71.1 Å². The number of benzene rings is 2. The minimum Gasteiger partial charge on any atom is -0.493 e. The molecule has 0 fully saturated rings. The number of nitrogens with zero attached hydrogens (tertiary/aromatic N) is 2. The molecule has 3 amide bonds. The fourth-order valence-electron chi connectivity index (χ4n) is 4.20. The molecule has 0 aliphatic rings. The Bertz CT molecular complexity index is 1310. The van der Waals surface area contributed by atoms with Crippen molar-refractivity contribution in [3.63, 3.8) is 0 Å². The van der Waals surface area contributed by atoms with Crippen LogP contribution < -0.4 is 14.8 Å². The smallest absolute Gasteiger partial charge is 0.416 e. The molecule has 0 bridgehead atoms. The Kier molecular flexibility index (Phi) is 11.0. The molecule has 41 heavy (non-hydrogen) atoms. The van der Waals surface area contributed by atoms with Gasteiger partial charge in [-0.1, -0.05) is 19.9 Å². The maximum Gasteiger partial charge on any atom is 0.416 e. The first-order valence-electron chi connectivity index (χ1n) is 13.2. The summed E-state index contributed by atoms with van der Waals surface area (Å²) < 4.78 is 49.5. The number of halogens is 3. The lowest BCUT2D eigenvalue weighted by atomic mass is 10.1. The Balaban J connectivity index is 1.77. The Morgan fingerprint density at radius 2 is 1.66 bits per heavy atom. The van der Waals surface area contributed by atoms with Crippen LogP contribution in [0.4, 0.5) is 23.7 Å². The van der Waals surface area contributed by atoms with E-state index in [-0.39, 0.29) is 24.1 Å².